The van der Waals surface area contributed by atoms with Crippen molar-refractivity contribution >= 4 is 11.6 Å². The maximum absolute atomic E-state index is 12.0. The van der Waals surface area contributed by atoms with Gasteiger partial charge in [0.05, 0.1) is 11.8 Å². The van der Waals surface area contributed by atoms with E-state index in [0.717, 1.165) is 31.6 Å². The first-order valence-electron chi connectivity index (χ1n) is 6.61. The smallest absolute Gasteiger partial charge is 0.267 e. The van der Waals surface area contributed by atoms with E-state index in [2.05, 4.69) is 4.99 Å². The average Bonchev–Trinajstić information content (AvgIpc) is 2.83. The zero-order valence-electron chi connectivity index (χ0n) is 10.2. The van der Waals surface area contributed by atoms with Crippen LogP contribution in [0.25, 0.3) is 0 Å². The van der Waals surface area contributed by atoms with Gasteiger partial charge in [-0.05, 0) is 32.6 Å². The molecular formula is C13H22N2O. The molecule has 1 heterocycles. The van der Waals surface area contributed by atoms with Crippen molar-refractivity contribution in [1.29, 1.82) is 0 Å². The van der Waals surface area contributed by atoms with Crippen molar-refractivity contribution in [1.82, 2.24) is 4.90 Å². The van der Waals surface area contributed by atoms with Crippen LogP contribution in [0.5, 0.6) is 0 Å². The van der Waals surface area contributed by atoms with E-state index in [1.807, 2.05) is 11.8 Å². The number of amides is 1. The first-order chi connectivity index (χ1) is 7.77. The van der Waals surface area contributed by atoms with Gasteiger partial charge in [-0.3, -0.25) is 9.79 Å². The highest BCUT2D eigenvalue weighted by Gasteiger charge is 2.21. The molecule has 0 aromatic carbocycles. The molecule has 0 radical (unpaired) electrons. The van der Waals surface area contributed by atoms with E-state index in [4.69, 9.17) is 0 Å². The zero-order chi connectivity index (χ0) is 11.4. The average molecular weight is 222 g/mol. The molecule has 16 heavy (non-hydrogen) atoms. The topological polar surface area (TPSA) is 32.7 Å². The molecule has 0 bridgehead atoms. The molecule has 0 aromatic heterocycles. The predicted molar refractivity (Wildman–Crippen MR) is 65.8 cm³/mol. The molecule has 1 amide bonds. The van der Waals surface area contributed by atoms with Crippen LogP contribution in [0.3, 0.4) is 0 Å². The molecule has 0 N–H and O–H groups in total. The van der Waals surface area contributed by atoms with Crippen molar-refractivity contribution in [3.05, 3.63) is 0 Å². The Hall–Kier alpha value is -0.860. The summed E-state index contributed by atoms with van der Waals surface area (Å²) in [7, 11) is 0. The van der Waals surface area contributed by atoms with E-state index in [1.54, 1.807) is 0 Å². The number of likely N-dealkylation sites (tertiary alicyclic amines) is 1. The van der Waals surface area contributed by atoms with Crippen LogP contribution in [0.2, 0.25) is 0 Å². The van der Waals surface area contributed by atoms with Crippen LogP contribution in [0.15, 0.2) is 4.99 Å². The number of carbonyl (C=O) groups excluding carboxylic acids is 1. The second kappa shape index (κ2) is 5.46. The summed E-state index contributed by atoms with van der Waals surface area (Å²) in [6, 6.07) is 0.417. The van der Waals surface area contributed by atoms with Crippen LogP contribution in [0, 0.1) is 0 Å². The largest absolute Gasteiger partial charge is 0.338 e. The Morgan fingerprint density at radius 1 is 1.06 bits per heavy atom. The third-order valence-electron chi connectivity index (χ3n) is 3.65. The van der Waals surface area contributed by atoms with Gasteiger partial charge in [-0.15, -0.1) is 0 Å². The van der Waals surface area contributed by atoms with E-state index in [-0.39, 0.29) is 5.91 Å². The minimum Gasteiger partial charge on any atom is -0.338 e. The number of rotatable bonds is 2. The molecule has 2 rings (SSSR count). The van der Waals surface area contributed by atoms with Crippen molar-refractivity contribution in [3.63, 3.8) is 0 Å². The van der Waals surface area contributed by atoms with Gasteiger partial charge in [0.1, 0.15) is 0 Å². The van der Waals surface area contributed by atoms with Crippen molar-refractivity contribution in [2.75, 3.05) is 13.1 Å². The second-order valence-corrected chi connectivity index (χ2v) is 5.01. The number of nitrogens with zero attached hydrogens (tertiary/aromatic N) is 2. The molecule has 2 fully saturated rings. The van der Waals surface area contributed by atoms with Gasteiger partial charge in [-0.2, -0.15) is 0 Å². The van der Waals surface area contributed by atoms with Crippen LogP contribution in [-0.4, -0.2) is 35.7 Å². The zero-order valence-corrected chi connectivity index (χ0v) is 10.2. The molecule has 3 nitrogen and oxygen atoms in total. The molecular weight excluding hydrogens is 200 g/mol. The van der Waals surface area contributed by atoms with Crippen molar-refractivity contribution < 1.29 is 4.79 Å². The fourth-order valence-corrected chi connectivity index (χ4v) is 2.69. The summed E-state index contributed by atoms with van der Waals surface area (Å²) >= 11 is 0. The summed E-state index contributed by atoms with van der Waals surface area (Å²) in [6.07, 6.45) is 8.55. The maximum Gasteiger partial charge on any atom is 0.267 e. The molecule has 1 aliphatic heterocycles. The Morgan fingerprint density at radius 2 is 1.69 bits per heavy atom. The van der Waals surface area contributed by atoms with E-state index in [9.17, 15) is 4.79 Å². The normalized spacial score (nSPS) is 23.8. The fraction of sp³-hybridized carbons (Fsp3) is 0.846. The number of carbonyl (C=O) groups is 1. The lowest BCUT2D eigenvalue weighted by Crippen LogP contribution is -2.33. The highest BCUT2D eigenvalue weighted by molar-refractivity contribution is 6.37. The maximum atomic E-state index is 12.0. The monoisotopic (exact) mass is 222 g/mol. The van der Waals surface area contributed by atoms with Crippen LogP contribution < -0.4 is 0 Å². The minimum absolute atomic E-state index is 0.170. The molecule has 1 aliphatic carbocycles. The quantitative estimate of drug-likeness (QED) is 0.660. The fourth-order valence-electron chi connectivity index (χ4n) is 2.69. The van der Waals surface area contributed by atoms with Gasteiger partial charge < -0.3 is 4.90 Å². The Morgan fingerprint density at radius 3 is 2.31 bits per heavy atom. The van der Waals surface area contributed by atoms with Gasteiger partial charge >= 0.3 is 0 Å². The van der Waals surface area contributed by atoms with Crippen molar-refractivity contribution in [2.45, 2.75) is 57.9 Å². The van der Waals surface area contributed by atoms with Crippen LogP contribution >= 0.6 is 0 Å². The summed E-state index contributed by atoms with van der Waals surface area (Å²) in [4.78, 5) is 18.6. The lowest BCUT2D eigenvalue weighted by atomic mass is 9.96. The minimum atomic E-state index is 0.170. The summed E-state index contributed by atoms with van der Waals surface area (Å²) in [5.41, 5.74) is 0.730. The molecule has 1 saturated carbocycles. The lowest BCUT2D eigenvalue weighted by Gasteiger charge is -2.20. The Kier molecular flexibility index (Phi) is 3.97. The number of hydrogen-bond acceptors (Lipinski definition) is 2. The van der Waals surface area contributed by atoms with E-state index in [0.29, 0.717) is 6.04 Å². The standard InChI is InChI=1S/C13H22N2O/c1-11(13(16)15-9-5-6-10-15)14-12-7-3-2-4-8-12/h12H,2-10H2,1H3. The van der Waals surface area contributed by atoms with E-state index < -0.39 is 0 Å². The lowest BCUT2D eigenvalue weighted by molar-refractivity contribution is -0.123. The summed E-state index contributed by atoms with van der Waals surface area (Å²) in [5.74, 6) is 0.170. The van der Waals surface area contributed by atoms with Gasteiger partial charge in [0.2, 0.25) is 0 Å². The van der Waals surface area contributed by atoms with Crippen molar-refractivity contribution in [3.8, 4) is 0 Å². The number of hydrogen-bond donors (Lipinski definition) is 0. The molecule has 2 aliphatic rings. The van der Waals surface area contributed by atoms with Gasteiger partial charge in [0.15, 0.2) is 0 Å². The first kappa shape index (κ1) is 11.6. The van der Waals surface area contributed by atoms with E-state index >= 15 is 0 Å². The highest BCUT2D eigenvalue weighted by Crippen LogP contribution is 2.20. The Bertz CT molecular complexity index is 274. The molecule has 0 unspecified atom stereocenters. The number of aliphatic imine (C=N–C) groups is 1. The third-order valence-corrected chi connectivity index (χ3v) is 3.65. The predicted octanol–water partition coefficient (Wildman–Crippen LogP) is 2.40. The molecule has 0 atom stereocenters. The molecule has 0 aromatic rings. The van der Waals surface area contributed by atoms with Crippen LogP contribution in [-0.2, 0) is 4.79 Å². The Balaban J connectivity index is 1.91. The van der Waals surface area contributed by atoms with Crippen LogP contribution in [0.4, 0.5) is 0 Å². The van der Waals surface area contributed by atoms with Gasteiger partial charge in [-0.1, -0.05) is 19.3 Å². The second-order valence-electron chi connectivity index (χ2n) is 5.01. The molecule has 3 heteroatoms. The van der Waals surface area contributed by atoms with Crippen LogP contribution in [0.1, 0.15) is 51.9 Å². The van der Waals surface area contributed by atoms with Gasteiger partial charge in [0, 0.05) is 13.1 Å². The summed E-state index contributed by atoms with van der Waals surface area (Å²) < 4.78 is 0. The molecule has 90 valence electrons. The summed E-state index contributed by atoms with van der Waals surface area (Å²) in [5, 5.41) is 0. The van der Waals surface area contributed by atoms with Crippen molar-refractivity contribution in [2.24, 2.45) is 4.99 Å². The van der Waals surface area contributed by atoms with Gasteiger partial charge in [0.25, 0.3) is 5.91 Å². The molecule has 1 saturated heterocycles. The summed E-state index contributed by atoms with van der Waals surface area (Å²) in [6.45, 7) is 3.74. The highest BCUT2D eigenvalue weighted by atomic mass is 16.2. The third kappa shape index (κ3) is 2.83. The van der Waals surface area contributed by atoms with E-state index in [1.165, 1.54) is 32.1 Å². The SMILES string of the molecule is CC(=NC1CCCCC1)C(=O)N1CCCC1. The van der Waals surface area contributed by atoms with Gasteiger partial charge in [-0.25, -0.2) is 0 Å². The Labute approximate surface area is 97.9 Å². The first-order valence-corrected chi connectivity index (χ1v) is 6.61. The molecule has 0 spiro atoms.